The molecule has 2 rings (SSSR count). The number of fused-ring (bicyclic) bond motifs is 1. The highest BCUT2D eigenvalue weighted by Gasteiger charge is 2.46. The van der Waals surface area contributed by atoms with Gasteiger partial charge in [-0.1, -0.05) is 0 Å². The molecule has 26 heavy (non-hydrogen) atoms. The fraction of sp³-hybridized carbons (Fsp3) is 0.800. The predicted octanol–water partition coefficient (Wildman–Crippen LogP) is -0.255. The molecule has 2 saturated heterocycles. The third kappa shape index (κ3) is 6.13. The first kappa shape index (κ1) is 22.2. The van der Waals surface area contributed by atoms with Crippen molar-refractivity contribution >= 4 is 17.8 Å². The lowest BCUT2D eigenvalue weighted by atomic mass is 10.0. The van der Waals surface area contributed by atoms with Crippen molar-refractivity contribution in [1.29, 1.82) is 0 Å². The molecule has 1 N–H and O–H groups in total. The van der Waals surface area contributed by atoms with Crippen LogP contribution < -0.4 is 0 Å². The van der Waals surface area contributed by atoms with E-state index < -0.39 is 12.1 Å². The van der Waals surface area contributed by atoms with E-state index >= 15 is 0 Å². The van der Waals surface area contributed by atoms with E-state index in [0.717, 1.165) is 13.1 Å². The van der Waals surface area contributed by atoms with Crippen molar-refractivity contribution in [3.8, 4) is 0 Å². The van der Waals surface area contributed by atoms with Crippen LogP contribution in [0.3, 0.4) is 0 Å². The fourth-order valence-electron chi connectivity index (χ4n) is 2.90. The van der Waals surface area contributed by atoms with Gasteiger partial charge in [0.25, 0.3) is 0 Å². The zero-order valence-electron chi connectivity index (χ0n) is 15.0. The Balaban J connectivity index is 0.000000412. The summed E-state index contributed by atoms with van der Waals surface area (Å²) in [5, 5.41) is 7.12. The molecule has 2 aliphatic rings. The van der Waals surface area contributed by atoms with Crippen LogP contribution in [0.5, 0.6) is 0 Å². The minimum atomic E-state index is -5.08. The van der Waals surface area contributed by atoms with Crippen molar-refractivity contribution in [3.05, 3.63) is 0 Å². The maximum absolute atomic E-state index is 12.2. The monoisotopic (exact) mass is 383 g/mol. The van der Waals surface area contributed by atoms with Crippen molar-refractivity contribution in [2.75, 3.05) is 60.5 Å². The number of hydrogen-bond donors (Lipinski definition) is 1. The van der Waals surface area contributed by atoms with Crippen LogP contribution in [0.2, 0.25) is 0 Å². The second-order valence-electron chi connectivity index (χ2n) is 6.43. The van der Waals surface area contributed by atoms with Gasteiger partial charge in [0.05, 0.1) is 19.1 Å². The van der Waals surface area contributed by atoms with Crippen molar-refractivity contribution < 1.29 is 37.4 Å². The van der Waals surface area contributed by atoms with Gasteiger partial charge in [0.15, 0.2) is 0 Å². The minimum Gasteiger partial charge on any atom is -0.475 e. The standard InChI is InChI=1S/C13H23N3O3.C2HF3O2/c1-14(2)12(17)9-15-6-10-7-16(4-5-19-3)13(18)11(10)8-15;3-2(4,5)1(6)7/h10-11H,4-9H2,1-3H3;(H,6,7)/t10-,11-;/m0./s1. The van der Waals surface area contributed by atoms with Gasteiger partial charge in [0.1, 0.15) is 0 Å². The van der Waals surface area contributed by atoms with E-state index in [0.29, 0.717) is 32.2 Å². The number of halogens is 3. The van der Waals surface area contributed by atoms with E-state index in [4.69, 9.17) is 14.6 Å². The molecule has 2 fully saturated rings. The number of carboxylic acid groups (broad SMARTS) is 1. The molecule has 11 heteroatoms. The van der Waals surface area contributed by atoms with Gasteiger partial charge in [0, 0.05) is 53.3 Å². The molecule has 8 nitrogen and oxygen atoms in total. The number of rotatable bonds is 5. The molecule has 2 heterocycles. The van der Waals surface area contributed by atoms with Crippen LogP contribution in [0.25, 0.3) is 0 Å². The fourth-order valence-corrected chi connectivity index (χ4v) is 2.90. The number of likely N-dealkylation sites (N-methyl/N-ethyl adjacent to an activating group) is 1. The summed E-state index contributed by atoms with van der Waals surface area (Å²) in [5.74, 6) is -1.98. The molecule has 150 valence electrons. The lowest BCUT2D eigenvalue weighted by molar-refractivity contribution is -0.192. The second kappa shape index (κ2) is 9.17. The van der Waals surface area contributed by atoms with E-state index in [2.05, 4.69) is 4.90 Å². The van der Waals surface area contributed by atoms with Gasteiger partial charge in [0.2, 0.25) is 11.8 Å². The van der Waals surface area contributed by atoms with Gasteiger partial charge >= 0.3 is 12.1 Å². The Kier molecular flexibility index (Phi) is 7.82. The Morgan fingerprint density at radius 1 is 1.27 bits per heavy atom. The molecule has 0 aromatic rings. The summed E-state index contributed by atoms with van der Waals surface area (Å²) in [4.78, 5) is 38.4. The number of alkyl halides is 3. The van der Waals surface area contributed by atoms with Crippen molar-refractivity contribution in [2.45, 2.75) is 6.18 Å². The molecular formula is C15H24F3N3O5. The van der Waals surface area contributed by atoms with Crippen LogP contribution in [0.15, 0.2) is 0 Å². The second-order valence-corrected chi connectivity index (χ2v) is 6.43. The summed E-state index contributed by atoms with van der Waals surface area (Å²) in [5.41, 5.74) is 0. The number of likely N-dealkylation sites (tertiary alicyclic amines) is 2. The number of aliphatic carboxylic acids is 1. The molecule has 0 aromatic heterocycles. The Labute approximate surface area is 149 Å². The summed E-state index contributed by atoms with van der Waals surface area (Å²) in [6.45, 7) is 4.06. The summed E-state index contributed by atoms with van der Waals surface area (Å²) in [6, 6.07) is 0. The third-order valence-electron chi connectivity index (χ3n) is 4.27. The summed E-state index contributed by atoms with van der Waals surface area (Å²) < 4.78 is 36.8. The minimum absolute atomic E-state index is 0.0758. The van der Waals surface area contributed by atoms with Gasteiger partial charge in [-0.25, -0.2) is 4.79 Å². The summed E-state index contributed by atoms with van der Waals surface area (Å²) in [6.07, 6.45) is -5.08. The molecule has 0 aromatic carbocycles. The number of carbonyl (C=O) groups excluding carboxylic acids is 2. The Bertz CT molecular complexity index is 527. The molecule has 2 amide bonds. The average molecular weight is 383 g/mol. The molecule has 0 radical (unpaired) electrons. The van der Waals surface area contributed by atoms with E-state index in [1.54, 1.807) is 26.1 Å². The van der Waals surface area contributed by atoms with Crippen LogP contribution >= 0.6 is 0 Å². The van der Waals surface area contributed by atoms with Gasteiger partial charge in [-0.15, -0.1) is 0 Å². The molecular weight excluding hydrogens is 359 g/mol. The molecule has 0 unspecified atom stereocenters. The van der Waals surface area contributed by atoms with Crippen LogP contribution in [-0.2, 0) is 19.1 Å². The zero-order chi connectivity index (χ0) is 20.1. The van der Waals surface area contributed by atoms with E-state index in [9.17, 15) is 22.8 Å². The number of carbonyl (C=O) groups is 3. The highest BCUT2D eigenvalue weighted by molar-refractivity contribution is 5.82. The first-order valence-corrected chi connectivity index (χ1v) is 7.97. The maximum atomic E-state index is 12.2. The lowest BCUT2D eigenvalue weighted by Crippen LogP contribution is -2.39. The molecule has 0 saturated carbocycles. The van der Waals surface area contributed by atoms with Crippen LogP contribution in [0, 0.1) is 11.8 Å². The number of hydrogen-bond acceptors (Lipinski definition) is 5. The van der Waals surface area contributed by atoms with E-state index in [1.165, 1.54) is 0 Å². The predicted molar refractivity (Wildman–Crippen MR) is 84.3 cm³/mol. The molecule has 0 bridgehead atoms. The van der Waals surface area contributed by atoms with Crippen molar-refractivity contribution in [2.24, 2.45) is 11.8 Å². The Morgan fingerprint density at radius 3 is 2.27 bits per heavy atom. The van der Waals surface area contributed by atoms with Gasteiger partial charge in [-0.3, -0.25) is 14.5 Å². The van der Waals surface area contributed by atoms with E-state index in [-0.39, 0.29) is 17.7 Å². The topological polar surface area (TPSA) is 90.4 Å². The van der Waals surface area contributed by atoms with Crippen molar-refractivity contribution in [1.82, 2.24) is 14.7 Å². The SMILES string of the molecule is COCCN1C[C@@H]2CN(CC(=O)N(C)C)C[C@@H]2C1=O.O=C(O)C(F)(F)F. The molecule has 0 spiro atoms. The van der Waals surface area contributed by atoms with Gasteiger partial charge in [-0.2, -0.15) is 13.2 Å². The quantitative estimate of drug-likeness (QED) is 0.704. The maximum Gasteiger partial charge on any atom is 0.490 e. The van der Waals surface area contributed by atoms with E-state index in [1.807, 2.05) is 4.90 Å². The average Bonchev–Trinajstić information content (AvgIpc) is 3.04. The van der Waals surface area contributed by atoms with Crippen LogP contribution in [0.4, 0.5) is 13.2 Å². The van der Waals surface area contributed by atoms with Crippen LogP contribution in [0.1, 0.15) is 0 Å². The van der Waals surface area contributed by atoms with Gasteiger partial charge in [-0.05, 0) is 0 Å². The Hall–Kier alpha value is -1.88. The smallest absolute Gasteiger partial charge is 0.475 e. The number of amides is 2. The summed E-state index contributed by atoms with van der Waals surface area (Å²) in [7, 11) is 5.17. The summed E-state index contributed by atoms with van der Waals surface area (Å²) >= 11 is 0. The number of methoxy groups -OCH3 is 1. The third-order valence-corrected chi connectivity index (χ3v) is 4.27. The molecule has 2 atom stereocenters. The van der Waals surface area contributed by atoms with Crippen LogP contribution in [-0.4, -0.2) is 104 Å². The number of ether oxygens (including phenoxy) is 1. The Morgan fingerprint density at radius 2 is 1.85 bits per heavy atom. The lowest BCUT2D eigenvalue weighted by Gasteiger charge is -2.22. The normalized spacial score (nSPS) is 22.7. The highest BCUT2D eigenvalue weighted by Crippen LogP contribution is 2.31. The zero-order valence-corrected chi connectivity index (χ0v) is 15.0. The van der Waals surface area contributed by atoms with Gasteiger partial charge < -0.3 is 19.6 Å². The first-order chi connectivity index (χ1) is 12.0. The van der Waals surface area contributed by atoms with Crippen molar-refractivity contribution in [3.63, 3.8) is 0 Å². The largest absolute Gasteiger partial charge is 0.490 e. The molecule has 0 aliphatic carbocycles. The number of nitrogens with zero attached hydrogens (tertiary/aromatic N) is 3. The highest BCUT2D eigenvalue weighted by atomic mass is 19.4. The molecule has 2 aliphatic heterocycles. The number of carboxylic acids is 1. The first-order valence-electron chi connectivity index (χ1n) is 7.97.